The first-order chi connectivity index (χ1) is 9.24. The second-order valence-electron chi connectivity index (χ2n) is 4.67. The number of hydrogen-bond donors (Lipinski definition) is 2. The van der Waals surface area contributed by atoms with Crippen LogP contribution >= 0.6 is 0 Å². The van der Waals surface area contributed by atoms with Gasteiger partial charge in [-0.1, -0.05) is 0 Å². The lowest BCUT2D eigenvalue weighted by Crippen LogP contribution is -2.45. The highest BCUT2D eigenvalue weighted by Crippen LogP contribution is 2.29. The number of ether oxygens (including phenoxy) is 2. The highest BCUT2D eigenvalue weighted by molar-refractivity contribution is 5.41. The average Bonchev–Trinajstić information content (AvgIpc) is 2.47. The molecule has 1 fully saturated rings. The average molecular weight is 266 g/mol. The molecular formula is C14H22N2O3. The molecule has 0 saturated carbocycles. The van der Waals surface area contributed by atoms with Gasteiger partial charge in [-0.15, -0.1) is 0 Å². The van der Waals surface area contributed by atoms with Crippen molar-refractivity contribution in [2.45, 2.75) is 6.10 Å². The van der Waals surface area contributed by atoms with E-state index >= 15 is 0 Å². The van der Waals surface area contributed by atoms with E-state index in [4.69, 9.17) is 9.47 Å². The van der Waals surface area contributed by atoms with Crippen molar-refractivity contribution in [1.29, 1.82) is 0 Å². The molecule has 0 aromatic heterocycles. The summed E-state index contributed by atoms with van der Waals surface area (Å²) in [7, 11) is 3.23. The molecule has 1 aliphatic heterocycles. The van der Waals surface area contributed by atoms with Crippen LogP contribution in [-0.2, 0) is 0 Å². The third kappa shape index (κ3) is 3.59. The van der Waals surface area contributed by atoms with Crippen LogP contribution in [0.4, 0.5) is 0 Å². The van der Waals surface area contributed by atoms with Crippen molar-refractivity contribution < 1.29 is 14.6 Å². The van der Waals surface area contributed by atoms with Gasteiger partial charge in [0.1, 0.15) is 11.5 Å². The van der Waals surface area contributed by atoms with Crippen molar-refractivity contribution in [1.82, 2.24) is 10.2 Å². The molecule has 5 nitrogen and oxygen atoms in total. The van der Waals surface area contributed by atoms with Crippen LogP contribution in [0, 0.1) is 0 Å². The molecule has 1 aromatic carbocycles. The van der Waals surface area contributed by atoms with Crippen molar-refractivity contribution in [2.24, 2.45) is 0 Å². The van der Waals surface area contributed by atoms with Crippen molar-refractivity contribution in [2.75, 3.05) is 46.9 Å². The summed E-state index contributed by atoms with van der Waals surface area (Å²) in [5.41, 5.74) is 0.778. The molecule has 19 heavy (non-hydrogen) atoms. The van der Waals surface area contributed by atoms with Gasteiger partial charge in [0.15, 0.2) is 0 Å². The molecule has 1 aromatic rings. The first-order valence-corrected chi connectivity index (χ1v) is 6.57. The quantitative estimate of drug-likeness (QED) is 0.819. The Morgan fingerprint density at radius 1 is 1.26 bits per heavy atom. The molecule has 1 aliphatic rings. The smallest absolute Gasteiger partial charge is 0.124 e. The van der Waals surface area contributed by atoms with Gasteiger partial charge in [0.25, 0.3) is 0 Å². The normalized spacial score (nSPS) is 18.1. The molecule has 0 amide bonds. The predicted molar refractivity (Wildman–Crippen MR) is 73.8 cm³/mol. The molecule has 0 radical (unpaired) electrons. The summed E-state index contributed by atoms with van der Waals surface area (Å²) in [4.78, 5) is 2.25. The first-order valence-electron chi connectivity index (χ1n) is 6.57. The summed E-state index contributed by atoms with van der Waals surface area (Å²) >= 11 is 0. The second-order valence-corrected chi connectivity index (χ2v) is 4.67. The monoisotopic (exact) mass is 266 g/mol. The van der Waals surface area contributed by atoms with Crippen molar-refractivity contribution >= 4 is 0 Å². The number of nitrogens with zero attached hydrogens (tertiary/aromatic N) is 1. The molecule has 5 heteroatoms. The van der Waals surface area contributed by atoms with Gasteiger partial charge in [-0.2, -0.15) is 0 Å². The van der Waals surface area contributed by atoms with Crippen LogP contribution in [0.2, 0.25) is 0 Å². The second kappa shape index (κ2) is 6.75. The number of hydrogen-bond acceptors (Lipinski definition) is 5. The van der Waals surface area contributed by atoms with Crippen LogP contribution in [0.15, 0.2) is 18.2 Å². The minimum Gasteiger partial charge on any atom is -0.497 e. The number of benzene rings is 1. The van der Waals surface area contributed by atoms with Crippen molar-refractivity contribution in [3.05, 3.63) is 23.8 Å². The van der Waals surface area contributed by atoms with Gasteiger partial charge in [0, 0.05) is 38.3 Å². The van der Waals surface area contributed by atoms with Gasteiger partial charge >= 0.3 is 0 Å². The summed E-state index contributed by atoms with van der Waals surface area (Å²) < 4.78 is 10.5. The Balaban J connectivity index is 2.09. The standard InChI is InChI=1S/C14H22N2O3/c1-18-11-3-4-14(19-2)12(9-11)13(17)10-16-7-5-15-6-8-16/h3-4,9,13,15,17H,5-8,10H2,1-2H3. The largest absolute Gasteiger partial charge is 0.497 e. The van der Waals surface area contributed by atoms with Crippen LogP contribution in [0.5, 0.6) is 11.5 Å². The van der Waals surface area contributed by atoms with E-state index in [1.54, 1.807) is 14.2 Å². The number of aliphatic hydroxyl groups excluding tert-OH is 1. The lowest BCUT2D eigenvalue weighted by molar-refractivity contribution is 0.103. The van der Waals surface area contributed by atoms with E-state index in [0.717, 1.165) is 37.5 Å². The number of piperazine rings is 1. The topological polar surface area (TPSA) is 54.0 Å². The molecule has 1 saturated heterocycles. The van der Waals surface area contributed by atoms with E-state index < -0.39 is 6.10 Å². The fraction of sp³-hybridized carbons (Fsp3) is 0.571. The Labute approximate surface area is 114 Å². The van der Waals surface area contributed by atoms with Crippen LogP contribution in [0.3, 0.4) is 0 Å². The number of rotatable bonds is 5. The molecule has 0 spiro atoms. The van der Waals surface area contributed by atoms with E-state index in [1.165, 1.54) is 0 Å². The molecule has 2 rings (SSSR count). The molecule has 1 unspecified atom stereocenters. The maximum absolute atomic E-state index is 10.4. The van der Waals surface area contributed by atoms with Gasteiger partial charge in [0.2, 0.25) is 0 Å². The molecule has 106 valence electrons. The number of nitrogens with one attached hydrogen (secondary N) is 1. The zero-order chi connectivity index (χ0) is 13.7. The SMILES string of the molecule is COc1ccc(OC)c(C(O)CN2CCNCC2)c1. The third-order valence-corrected chi connectivity index (χ3v) is 3.44. The fourth-order valence-corrected chi connectivity index (χ4v) is 2.34. The Hall–Kier alpha value is -1.30. The number of β-amino-alcohol motifs (C(OH)–C–C–N with tert-alkyl or cyclic N) is 1. The van der Waals surface area contributed by atoms with Gasteiger partial charge in [-0.25, -0.2) is 0 Å². The molecule has 2 N–H and O–H groups in total. The Bertz CT molecular complexity index is 406. The molecule has 0 bridgehead atoms. The Morgan fingerprint density at radius 2 is 2.00 bits per heavy atom. The summed E-state index contributed by atoms with van der Waals surface area (Å²) in [5.74, 6) is 1.43. The van der Waals surface area contributed by atoms with E-state index in [9.17, 15) is 5.11 Å². The third-order valence-electron chi connectivity index (χ3n) is 3.44. The molecule has 1 heterocycles. The van der Waals surface area contributed by atoms with E-state index in [0.29, 0.717) is 12.3 Å². The zero-order valence-electron chi connectivity index (χ0n) is 11.6. The summed E-state index contributed by atoms with van der Waals surface area (Å²) in [6.45, 7) is 4.49. The van der Waals surface area contributed by atoms with Gasteiger partial charge < -0.3 is 19.9 Å². The van der Waals surface area contributed by atoms with E-state index in [1.807, 2.05) is 18.2 Å². The van der Waals surface area contributed by atoms with Gasteiger partial charge in [-0.3, -0.25) is 4.90 Å². The Morgan fingerprint density at radius 3 is 2.63 bits per heavy atom. The van der Waals surface area contributed by atoms with Crippen molar-refractivity contribution in [3.8, 4) is 11.5 Å². The lowest BCUT2D eigenvalue weighted by Gasteiger charge is -2.29. The van der Waals surface area contributed by atoms with Crippen LogP contribution in [0.25, 0.3) is 0 Å². The summed E-state index contributed by atoms with van der Waals surface area (Å²) in [6, 6.07) is 5.50. The lowest BCUT2D eigenvalue weighted by atomic mass is 10.1. The number of methoxy groups -OCH3 is 2. The maximum Gasteiger partial charge on any atom is 0.124 e. The minimum absolute atomic E-state index is 0.567. The van der Waals surface area contributed by atoms with Crippen LogP contribution in [0.1, 0.15) is 11.7 Å². The highest BCUT2D eigenvalue weighted by atomic mass is 16.5. The van der Waals surface area contributed by atoms with Crippen LogP contribution < -0.4 is 14.8 Å². The predicted octanol–water partition coefficient (Wildman–Crippen LogP) is 0.642. The molecule has 0 aliphatic carbocycles. The molecule has 1 atom stereocenters. The highest BCUT2D eigenvalue weighted by Gasteiger charge is 2.19. The Kier molecular flexibility index (Phi) is 5.01. The van der Waals surface area contributed by atoms with Gasteiger partial charge in [-0.05, 0) is 18.2 Å². The first kappa shape index (κ1) is 14.1. The summed E-state index contributed by atoms with van der Waals surface area (Å²) in [5, 5.41) is 13.7. The maximum atomic E-state index is 10.4. The minimum atomic E-state index is -0.567. The number of aliphatic hydroxyl groups is 1. The van der Waals surface area contributed by atoms with Crippen LogP contribution in [-0.4, -0.2) is 56.9 Å². The fourth-order valence-electron chi connectivity index (χ4n) is 2.34. The van der Waals surface area contributed by atoms with Crippen molar-refractivity contribution in [3.63, 3.8) is 0 Å². The van der Waals surface area contributed by atoms with Gasteiger partial charge in [0.05, 0.1) is 20.3 Å². The molecular weight excluding hydrogens is 244 g/mol. The zero-order valence-corrected chi connectivity index (χ0v) is 11.6. The van der Waals surface area contributed by atoms with E-state index in [-0.39, 0.29) is 0 Å². The van der Waals surface area contributed by atoms with E-state index in [2.05, 4.69) is 10.2 Å². The summed E-state index contributed by atoms with van der Waals surface area (Å²) in [6.07, 6.45) is -0.567.